The highest BCUT2D eigenvalue weighted by molar-refractivity contribution is 6.25. The van der Waals surface area contributed by atoms with Crippen LogP contribution in [0.25, 0.3) is 0 Å². The summed E-state index contributed by atoms with van der Waals surface area (Å²) in [5.74, 6) is -3.21. The monoisotopic (exact) mass is 599 g/mol. The average Bonchev–Trinajstić information content (AvgIpc) is 3.27. The molecule has 3 aliphatic heterocycles. The minimum absolute atomic E-state index is 0.0401. The molecule has 1 atom stereocenters. The third-order valence-electron chi connectivity index (χ3n) is 8.20. The number of primary amides is 1. The van der Waals surface area contributed by atoms with E-state index >= 15 is 4.39 Å². The number of fused-ring (bicyclic) bond motifs is 1. The topological polar surface area (TPSA) is 158 Å². The van der Waals surface area contributed by atoms with Gasteiger partial charge in [0.15, 0.2) is 0 Å². The Morgan fingerprint density at radius 2 is 1.82 bits per heavy atom. The molecule has 4 heterocycles. The van der Waals surface area contributed by atoms with Gasteiger partial charge in [-0.2, -0.15) is 0 Å². The van der Waals surface area contributed by atoms with E-state index in [9.17, 15) is 24.0 Å². The summed E-state index contributed by atoms with van der Waals surface area (Å²) in [5.41, 5.74) is 8.32. The van der Waals surface area contributed by atoms with Crippen LogP contribution in [0, 0.1) is 5.82 Å². The van der Waals surface area contributed by atoms with Crippen molar-refractivity contribution in [3.63, 3.8) is 0 Å². The van der Waals surface area contributed by atoms with Gasteiger partial charge < -0.3 is 16.0 Å². The Kier molecular flexibility index (Phi) is 7.78. The summed E-state index contributed by atoms with van der Waals surface area (Å²) in [6, 6.07) is 12.2. The molecule has 5 amide bonds. The zero-order valence-corrected chi connectivity index (χ0v) is 23.7. The van der Waals surface area contributed by atoms with E-state index in [-0.39, 0.29) is 42.0 Å². The molecule has 2 aromatic carbocycles. The van der Waals surface area contributed by atoms with Crippen LogP contribution in [0.4, 0.5) is 15.8 Å². The molecular weight excluding hydrogens is 569 g/mol. The molecule has 0 spiro atoms. The SMILES string of the molecule is NC(=O)c1ccc(N2CCN(Cc3ccc(CNc4cccc5c4C(=O)N(C4CCC(=O)NC4=O)C5=O)cc3F)CC2)cn1. The number of piperazine rings is 1. The quantitative estimate of drug-likeness (QED) is 0.328. The summed E-state index contributed by atoms with van der Waals surface area (Å²) < 4.78 is 15.2. The number of hydrogen-bond acceptors (Lipinski definition) is 9. The summed E-state index contributed by atoms with van der Waals surface area (Å²) in [5, 5.41) is 5.33. The van der Waals surface area contributed by atoms with Gasteiger partial charge in [-0.15, -0.1) is 0 Å². The largest absolute Gasteiger partial charge is 0.380 e. The second kappa shape index (κ2) is 11.8. The molecule has 13 heteroatoms. The predicted molar refractivity (Wildman–Crippen MR) is 157 cm³/mol. The molecule has 6 rings (SSSR count). The number of piperidine rings is 1. The predicted octanol–water partition coefficient (Wildman–Crippen LogP) is 1.66. The van der Waals surface area contributed by atoms with Crippen molar-refractivity contribution in [2.24, 2.45) is 5.73 Å². The van der Waals surface area contributed by atoms with Gasteiger partial charge in [-0.3, -0.25) is 39.1 Å². The number of nitrogens with two attached hydrogens (primary N) is 1. The molecule has 226 valence electrons. The molecule has 4 N–H and O–H groups in total. The molecule has 12 nitrogen and oxygen atoms in total. The van der Waals surface area contributed by atoms with Gasteiger partial charge in [0.1, 0.15) is 17.6 Å². The van der Waals surface area contributed by atoms with Crippen molar-refractivity contribution < 1.29 is 28.4 Å². The summed E-state index contributed by atoms with van der Waals surface area (Å²) in [6.07, 6.45) is 1.75. The molecule has 1 unspecified atom stereocenters. The van der Waals surface area contributed by atoms with E-state index in [0.717, 1.165) is 36.8 Å². The van der Waals surface area contributed by atoms with Crippen LogP contribution in [0.15, 0.2) is 54.7 Å². The smallest absolute Gasteiger partial charge is 0.267 e. The number of aromatic nitrogens is 1. The summed E-state index contributed by atoms with van der Waals surface area (Å²) in [4.78, 5) is 70.9. The number of pyridine rings is 1. The standard InChI is InChI=1S/C31H30FN7O5/c32-22-14-18(4-5-19(22)17-37-10-12-38(13-11-37)20-6-7-24(28(33)41)35-16-20)15-34-23-3-1-2-21-27(23)31(44)39(30(21)43)25-8-9-26(40)36-29(25)42/h1-7,14,16,25,34H,8-13,15,17H2,(H2,33,41)(H,36,40,42). The number of amides is 5. The third-order valence-corrected chi connectivity index (χ3v) is 8.20. The van der Waals surface area contributed by atoms with Crippen molar-refractivity contribution in [1.29, 1.82) is 0 Å². The van der Waals surface area contributed by atoms with Gasteiger partial charge in [0.05, 0.1) is 23.0 Å². The molecule has 3 aromatic rings. The number of imide groups is 2. The number of carbonyl (C=O) groups is 5. The molecule has 0 radical (unpaired) electrons. The molecular formula is C31H30FN7O5. The van der Waals surface area contributed by atoms with Gasteiger partial charge in [-0.05, 0) is 42.3 Å². The van der Waals surface area contributed by atoms with Crippen LogP contribution in [-0.4, -0.2) is 76.5 Å². The Hall–Kier alpha value is -5.17. The fourth-order valence-electron chi connectivity index (χ4n) is 5.81. The number of nitrogens with one attached hydrogen (secondary N) is 2. The number of benzene rings is 2. The molecule has 0 bridgehead atoms. The fourth-order valence-corrected chi connectivity index (χ4v) is 5.81. The van der Waals surface area contributed by atoms with Gasteiger partial charge >= 0.3 is 0 Å². The minimum Gasteiger partial charge on any atom is -0.380 e. The molecule has 1 aromatic heterocycles. The Balaban J connectivity index is 1.06. The zero-order chi connectivity index (χ0) is 31.0. The number of anilines is 2. The normalized spacial score (nSPS) is 18.8. The van der Waals surface area contributed by atoms with E-state index in [1.54, 1.807) is 30.5 Å². The molecule has 44 heavy (non-hydrogen) atoms. The minimum atomic E-state index is -1.05. The first-order chi connectivity index (χ1) is 21.2. The van der Waals surface area contributed by atoms with Gasteiger partial charge in [0.2, 0.25) is 11.8 Å². The first kappa shape index (κ1) is 28.9. The van der Waals surface area contributed by atoms with Gasteiger partial charge in [-0.25, -0.2) is 9.37 Å². The van der Waals surface area contributed by atoms with Crippen molar-refractivity contribution in [1.82, 2.24) is 20.1 Å². The van der Waals surface area contributed by atoms with Gasteiger partial charge in [0.25, 0.3) is 17.7 Å². The highest BCUT2D eigenvalue weighted by atomic mass is 19.1. The second-order valence-corrected chi connectivity index (χ2v) is 11.0. The lowest BCUT2D eigenvalue weighted by atomic mass is 10.0. The number of rotatable bonds is 8. The van der Waals surface area contributed by atoms with E-state index < -0.39 is 35.6 Å². The lowest BCUT2D eigenvalue weighted by Gasteiger charge is -2.36. The van der Waals surface area contributed by atoms with Crippen LogP contribution < -0.4 is 21.3 Å². The van der Waals surface area contributed by atoms with Crippen LogP contribution in [0.3, 0.4) is 0 Å². The van der Waals surface area contributed by atoms with Crippen molar-refractivity contribution in [2.75, 3.05) is 36.4 Å². The van der Waals surface area contributed by atoms with E-state index in [2.05, 4.69) is 25.4 Å². The highest BCUT2D eigenvalue weighted by Gasteiger charge is 2.45. The van der Waals surface area contributed by atoms with Crippen molar-refractivity contribution in [3.05, 3.63) is 88.5 Å². The van der Waals surface area contributed by atoms with Crippen LogP contribution in [0.1, 0.15) is 55.2 Å². The lowest BCUT2D eigenvalue weighted by molar-refractivity contribution is -0.136. The lowest BCUT2D eigenvalue weighted by Crippen LogP contribution is -2.54. The van der Waals surface area contributed by atoms with Crippen LogP contribution in [0.2, 0.25) is 0 Å². The average molecular weight is 600 g/mol. The molecule has 2 fully saturated rings. The second-order valence-electron chi connectivity index (χ2n) is 11.0. The van der Waals surface area contributed by atoms with E-state index in [1.165, 1.54) is 12.1 Å². The van der Waals surface area contributed by atoms with E-state index in [4.69, 9.17) is 5.73 Å². The number of nitrogens with zero attached hydrogens (tertiary/aromatic N) is 4. The zero-order valence-electron chi connectivity index (χ0n) is 23.7. The van der Waals surface area contributed by atoms with Crippen molar-refractivity contribution in [2.45, 2.75) is 32.0 Å². The molecule has 2 saturated heterocycles. The summed E-state index contributed by atoms with van der Waals surface area (Å²) in [7, 11) is 0. The number of carbonyl (C=O) groups excluding carboxylic acids is 5. The van der Waals surface area contributed by atoms with Gasteiger partial charge in [0, 0.05) is 56.9 Å². The van der Waals surface area contributed by atoms with E-state index in [1.807, 2.05) is 12.1 Å². The number of halogens is 1. The first-order valence-electron chi connectivity index (χ1n) is 14.3. The maximum Gasteiger partial charge on any atom is 0.267 e. The summed E-state index contributed by atoms with van der Waals surface area (Å²) >= 11 is 0. The Morgan fingerprint density at radius 3 is 2.50 bits per heavy atom. The van der Waals surface area contributed by atoms with E-state index in [0.29, 0.717) is 23.4 Å². The Labute approximate surface area is 252 Å². The Morgan fingerprint density at radius 1 is 1.02 bits per heavy atom. The molecule has 0 saturated carbocycles. The van der Waals surface area contributed by atoms with Crippen LogP contribution >= 0.6 is 0 Å². The highest BCUT2D eigenvalue weighted by Crippen LogP contribution is 2.32. The Bertz CT molecular complexity index is 1670. The molecule has 0 aliphatic carbocycles. The van der Waals surface area contributed by atoms with Crippen LogP contribution in [0.5, 0.6) is 0 Å². The molecule has 3 aliphatic rings. The van der Waals surface area contributed by atoms with Crippen molar-refractivity contribution >= 4 is 40.9 Å². The third kappa shape index (κ3) is 5.61. The van der Waals surface area contributed by atoms with Crippen LogP contribution in [-0.2, 0) is 22.7 Å². The first-order valence-corrected chi connectivity index (χ1v) is 14.3. The van der Waals surface area contributed by atoms with Crippen molar-refractivity contribution in [3.8, 4) is 0 Å². The summed E-state index contributed by atoms with van der Waals surface area (Å²) in [6.45, 7) is 3.56. The fraction of sp³-hybridized carbons (Fsp3) is 0.290. The maximum atomic E-state index is 15.2. The van der Waals surface area contributed by atoms with Gasteiger partial charge in [-0.1, -0.05) is 18.2 Å². The number of hydrogen-bond donors (Lipinski definition) is 3. The maximum absolute atomic E-state index is 15.2.